The van der Waals surface area contributed by atoms with E-state index in [1.54, 1.807) is 0 Å². The molecule has 0 bridgehead atoms. The van der Waals surface area contributed by atoms with Crippen molar-refractivity contribution >= 4 is 11.6 Å². The van der Waals surface area contributed by atoms with Crippen LogP contribution in [-0.4, -0.2) is 29.9 Å². The molecular weight excluding hydrogens is 248 g/mol. The fourth-order valence-electron chi connectivity index (χ4n) is 2.90. The van der Waals surface area contributed by atoms with E-state index in [1.165, 1.54) is 5.56 Å². The summed E-state index contributed by atoms with van der Waals surface area (Å²) in [6.07, 6.45) is 3.09. The number of para-hydroxylation sites is 1. The van der Waals surface area contributed by atoms with Gasteiger partial charge in [-0.15, -0.1) is 0 Å². The smallest absolute Gasteiger partial charge is 0.245 e. The predicted octanol–water partition coefficient (Wildman–Crippen LogP) is 3.31. The Balaban J connectivity index is 2.00. The van der Waals surface area contributed by atoms with E-state index in [1.807, 2.05) is 17.0 Å². The van der Waals surface area contributed by atoms with Crippen LogP contribution in [-0.2, 0) is 11.2 Å². The summed E-state index contributed by atoms with van der Waals surface area (Å²) in [5.74, 6) is 0.860. The zero-order chi connectivity index (χ0) is 14.5. The van der Waals surface area contributed by atoms with Crippen molar-refractivity contribution in [1.29, 1.82) is 0 Å². The zero-order valence-electron chi connectivity index (χ0n) is 12.9. The van der Waals surface area contributed by atoms with Crippen LogP contribution in [0.15, 0.2) is 24.3 Å². The summed E-state index contributed by atoms with van der Waals surface area (Å²) in [6.45, 7) is 8.16. The summed E-state index contributed by atoms with van der Waals surface area (Å²) in [4.78, 5) is 14.7. The Morgan fingerprint density at radius 3 is 2.60 bits per heavy atom. The Kier molecular flexibility index (Phi) is 5.05. The second-order valence-electron chi connectivity index (χ2n) is 5.62. The number of hydrogen-bond acceptors (Lipinski definition) is 2. The van der Waals surface area contributed by atoms with Crippen LogP contribution in [0, 0.1) is 5.92 Å². The van der Waals surface area contributed by atoms with Crippen LogP contribution in [0.3, 0.4) is 0 Å². The lowest BCUT2D eigenvalue weighted by Crippen LogP contribution is -2.44. The van der Waals surface area contributed by atoms with Crippen molar-refractivity contribution in [2.24, 2.45) is 5.92 Å². The highest BCUT2D eigenvalue weighted by Crippen LogP contribution is 2.26. The Bertz CT molecular complexity index is 429. The van der Waals surface area contributed by atoms with Gasteiger partial charge >= 0.3 is 0 Å². The average Bonchev–Trinajstić information content (AvgIpc) is 2.92. The minimum atomic E-state index is -0.0817. The summed E-state index contributed by atoms with van der Waals surface area (Å²) in [6, 6.07) is 8.13. The van der Waals surface area contributed by atoms with E-state index in [0.29, 0.717) is 5.92 Å². The maximum atomic E-state index is 12.7. The average molecular weight is 274 g/mol. The van der Waals surface area contributed by atoms with Gasteiger partial charge in [0.15, 0.2) is 0 Å². The second-order valence-corrected chi connectivity index (χ2v) is 5.62. The van der Waals surface area contributed by atoms with Crippen molar-refractivity contribution in [2.75, 3.05) is 18.4 Å². The van der Waals surface area contributed by atoms with Crippen LogP contribution >= 0.6 is 0 Å². The number of hydrogen-bond donors (Lipinski definition) is 1. The van der Waals surface area contributed by atoms with Gasteiger partial charge < -0.3 is 10.2 Å². The molecule has 0 spiro atoms. The summed E-state index contributed by atoms with van der Waals surface area (Å²) in [7, 11) is 0. The number of benzene rings is 1. The molecule has 1 aromatic carbocycles. The van der Waals surface area contributed by atoms with Crippen LogP contribution in [0.4, 0.5) is 5.69 Å². The molecule has 1 heterocycles. The van der Waals surface area contributed by atoms with Gasteiger partial charge in [-0.3, -0.25) is 4.79 Å². The molecule has 20 heavy (non-hydrogen) atoms. The van der Waals surface area contributed by atoms with Crippen molar-refractivity contribution in [2.45, 2.75) is 46.1 Å². The summed E-state index contributed by atoms with van der Waals surface area (Å²) in [5, 5.41) is 3.37. The van der Waals surface area contributed by atoms with E-state index >= 15 is 0 Å². The number of anilines is 1. The molecule has 1 aromatic rings. The largest absolute Gasteiger partial charge is 0.373 e. The minimum absolute atomic E-state index is 0.0817. The fraction of sp³-hybridized carbons (Fsp3) is 0.588. The molecule has 3 heteroatoms. The van der Waals surface area contributed by atoms with E-state index in [9.17, 15) is 4.79 Å². The monoisotopic (exact) mass is 274 g/mol. The molecule has 0 radical (unpaired) electrons. The summed E-state index contributed by atoms with van der Waals surface area (Å²) >= 11 is 0. The van der Waals surface area contributed by atoms with E-state index in [4.69, 9.17) is 0 Å². The van der Waals surface area contributed by atoms with E-state index in [2.05, 4.69) is 38.2 Å². The first kappa shape index (κ1) is 14.9. The lowest BCUT2D eigenvalue weighted by atomic mass is 10.0. The normalized spacial score (nSPS) is 16.9. The van der Waals surface area contributed by atoms with Crippen LogP contribution in [0.1, 0.15) is 39.2 Å². The number of amides is 1. The van der Waals surface area contributed by atoms with Crippen molar-refractivity contribution < 1.29 is 4.79 Å². The third kappa shape index (κ3) is 3.14. The van der Waals surface area contributed by atoms with Gasteiger partial charge in [0.05, 0.1) is 0 Å². The molecule has 0 saturated carbocycles. The lowest BCUT2D eigenvalue weighted by Gasteiger charge is -2.28. The number of carbonyl (C=O) groups is 1. The van der Waals surface area contributed by atoms with E-state index < -0.39 is 0 Å². The Morgan fingerprint density at radius 2 is 2.00 bits per heavy atom. The number of carbonyl (C=O) groups excluding carboxylic acids is 1. The molecule has 1 amide bonds. The molecule has 110 valence electrons. The number of nitrogens with zero attached hydrogens (tertiary/aromatic N) is 1. The molecule has 0 aliphatic carbocycles. The highest BCUT2D eigenvalue weighted by molar-refractivity contribution is 5.87. The molecule has 0 unspecified atom stereocenters. The zero-order valence-corrected chi connectivity index (χ0v) is 12.9. The first-order valence-corrected chi connectivity index (χ1v) is 7.82. The van der Waals surface area contributed by atoms with Crippen molar-refractivity contribution in [3.05, 3.63) is 29.8 Å². The molecule has 0 fully saturated rings. The molecular formula is C17H26N2O. The van der Waals surface area contributed by atoms with Crippen LogP contribution in [0.5, 0.6) is 0 Å². The third-order valence-electron chi connectivity index (χ3n) is 4.40. The van der Waals surface area contributed by atoms with Gasteiger partial charge in [-0.2, -0.15) is 0 Å². The van der Waals surface area contributed by atoms with E-state index in [-0.39, 0.29) is 11.9 Å². The number of fused-ring (bicyclic) bond motifs is 1. The first-order valence-electron chi connectivity index (χ1n) is 7.82. The fourth-order valence-corrected chi connectivity index (χ4v) is 2.90. The molecule has 1 aliphatic rings. The van der Waals surface area contributed by atoms with Crippen molar-refractivity contribution in [3.8, 4) is 0 Å². The van der Waals surface area contributed by atoms with Gasteiger partial charge in [-0.05, 0) is 24.5 Å². The third-order valence-corrected chi connectivity index (χ3v) is 4.40. The van der Waals surface area contributed by atoms with Gasteiger partial charge in [-0.25, -0.2) is 0 Å². The van der Waals surface area contributed by atoms with Crippen LogP contribution in [0.25, 0.3) is 0 Å². The molecule has 2 rings (SSSR count). The highest BCUT2D eigenvalue weighted by atomic mass is 16.2. The number of rotatable bonds is 6. The molecule has 0 aromatic heterocycles. The Labute approximate surface area is 122 Å². The number of likely N-dealkylation sites (N-methyl/N-ethyl adjacent to an activating group) is 1. The van der Waals surface area contributed by atoms with Crippen molar-refractivity contribution in [3.63, 3.8) is 0 Å². The van der Waals surface area contributed by atoms with Crippen LogP contribution in [0.2, 0.25) is 0 Å². The summed E-state index contributed by atoms with van der Waals surface area (Å²) < 4.78 is 0. The second kappa shape index (κ2) is 6.78. The summed E-state index contributed by atoms with van der Waals surface area (Å²) in [5.41, 5.74) is 2.37. The quantitative estimate of drug-likeness (QED) is 0.863. The maximum absolute atomic E-state index is 12.7. The molecule has 1 aliphatic heterocycles. The minimum Gasteiger partial charge on any atom is -0.373 e. The van der Waals surface area contributed by atoms with Gasteiger partial charge in [-0.1, -0.05) is 44.9 Å². The topological polar surface area (TPSA) is 32.3 Å². The predicted molar refractivity (Wildman–Crippen MR) is 83.9 cm³/mol. The molecule has 0 saturated heterocycles. The standard InChI is InChI=1S/C17H26N2O/c1-4-13(5-2)12-19(6-3)17(20)16-11-14-9-7-8-10-15(14)18-16/h7-10,13,16,18H,4-6,11-12H2,1-3H3/t16-/m0/s1. The first-order chi connectivity index (χ1) is 9.69. The molecule has 1 N–H and O–H groups in total. The number of nitrogens with one attached hydrogen (secondary N) is 1. The van der Waals surface area contributed by atoms with E-state index in [0.717, 1.165) is 38.0 Å². The SMILES string of the molecule is CCC(CC)CN(CC)C(=O)[C@@H]1Cc2ccccc2N1. The molecule has 1 atom stereocenters. The lowest BCUT2D eigenvalue weighted by molar-refractivity contribution is -0.132. The highest BCUT2D eigenvalue weighted by Gasteiger charge is 2.29. The van der Waals surface area contributed by atoms with Gasteiger partial charge in [0.25, 0.3) is 0 Å². The van der Waals surface area contributed by atoms with Gasteiger partial charge in [0.2, 0.25) is 5.91 Å². The Hall–Kier alpha value is -1.51. The van der Waals surface area contributed by atoms with Crippen molar-refractivity contribution in [1.82, 2.24) is 4.90 Å². The molecule has 3 nitrogen and oxygen atoms in total. The van der Waals surface area contributed by atoms with Gasteiger partial charge in [0, 0.05) is 25.2 Å². The maximum Gasteiger partial charge on any atom is 0.245 e. The Morgan fingerprint density at radius 1 is 1.30 bits per heavy atom. The van der Waals surface area contributed by atoms with Crippen LogP contribution < -0.4 is 5.32 Å². The van der Waals surface area contributed by atoms with Gasteiger partial charge in [0.1, 0.15) is 6.04 Å².